The fourth-order valence-corrected chi connectivity index (χ4v) is 2.31. The summed E-state index contributed by atoms with van der Waals surface area (Å²) in [6.45, 7) is 3.43. The Kier molecular flexibility index (Phi) is 1.71. The van der Waals surface area contributed by atoms with Gasteiger partial charge in [0.1, 0.15) is 5.82 Å². The Morgan fingerprint density at radius 3 is 2.43 bits per heavy atom. The molecule has 0 N–H and O–H groups in total. The van der Waals surface area contributed by atoms with E-state index in [0.717, 1.165) is 6.54 Å². The van der Waals surface area contributed by atoms with E-state index < -0.39 is 0 Å². The summed E-state index contributed by atoms with van der Waals surface area (Å²) >= 11 is 0. The van der Waals surface area contributed by atoms with Crippen LogP contribution < -0.4 is 0 Å². The van der Waals surface area contributed by atoms with Gasteiger partial charge in [0.25, 0.3) is 0 Å². The van der Waals surface area contributed by atoms with Crippen molar-refractivity contribution in [2.45, 2.75) is 0 Å². The lowest BCUT2D eigenvalue weighted by atomic mass is 9.83. The van der Waals surface area contributed by atoms with Gasteiger partial charge in [-0.15, -0.1) is 0 Å². The van der Waals surface area contributed by atoms with Gasteiger partial charge in [-0.25, -0.2) is 4.39 Å². The third kappa shape index (κ3) is 1.18. The van der Waals surface area contributed by atoms with Crippen LogP contribution in [0.15, 0.2) is 30.3 Å². The van der Waals surface area contributed by atoms with E-state index >= 15 is 0 Å². The molecule has 0 aliphatic carbocycles. The van der Waals surface area contributed by atoms with Gasteiger partial charge in [0.05, 0.1) is 0 Å². The van der Waals surface area contributed by atoms with Crippen molar-refractivity contribution in [3.8, 4) is 0 Å². The first-order chi connectivity index (χ1) is 6.83. The molecule has 1 nitrogen and oxygen atoms in total. The van der Waals surface area contributed by atoms with Crippen LogP contribution in [0.4, 0.5) is 4.39 Å². The van der Waals surface area contributed by atoms with E-state index in [-0.39, 0.29) is 5.82 Å². The fraction of sp³-hybridized carbons (Fsp3) is 0.333. The van der Waals surface area contributed by atoms with Crippen LogP contribution in [0.3, 0.4) is 0 Å². The number of rotatable bonds is 1. The molecule has 2 bridgehead atoms. The van der Waals surface area contributed by atoms with Crippen molar-refractivity contribution in [3.05, 3.63) is 41.7 Å². The number of benzene rings is 1. The van der Waals surface area contributed by atoms with Crippen molar-refractivity contribution in [1.29, 1.82) is 0 Å². The average molecular weight is 189 g/mol. The topological polar surface area (TPSA) is 3.24 Å². The minimum Gasteiger partial charge on any atom is -0.298 e. The molecule has 0 aromatic heterocycles. The molecule has 0 spiro atoms. The highest BCUT2D eigenvalue weighted by atomic mass is 19.1. The largest absolute Gasteiger partial charge is 0.298 e. The highest BCUT2D eigenvalue weighted by molar-refractivity contribution is 5.70. The first-order valence-corrected chi connectivity index (χ1v) is 5.01. The van der Waals surface area contributed by atoms with Gasteiger partial charge in [0.15, 0.2) is 0 Å². The molecule has 1 saturated heterocycles. The maximum atomic E-state index is 12.7. The smallest absolute Gasteiger partial charge is 0.123 e. The third-order valence-electron chi connectivity index (χ3n) is 3.14. The molecule has 1 aromatic rings. The van der Waals surface area contributed by atoms with Crippen molar-refractivity contribution in [2.75, 3.05) is 19.6 Å². The summed E-state index contributed by atoms with van der Waals surface area (Å²) in [6, 6.07) is 6.85. The zero-order chi connectivity index (χ0) is 9.54. The minimum atomic E-state index is -0.152. The van der Waals surface area contributed by atoms with Crippen molar-refractivity contribution in [2.24, 2.45) is 5.92 Å². The number of hydrogen-bond donors (Lipinski definition) is 0. The lowest BCUT2D eigenvalue weighted by Crippen LogP contribution is -2.50. The number of fused-ring (bicyclic) bond motifs is 1. The lowest BCUT2D eigenvalue weighted by Gasteiger charge is -2.44. The third-order valence-corrected chi connectivity index (χ3v) is 3.14. The van der Waals surface area contributed by atoms with Crippen molar-refractivity contribution in [1.82, 2.24) is 4.90 Å². The summed E-state index contributed by atoms with van der Waals surface area (Å²) in [7, 11) is 0. The van der Waals surface area contributed by atoms with Gasteiger partial charge in [0.2, 0.25) is 0 Å². The fourth-order valence-electron chi connectivity index (χ4n) is 2.31. The zero-order valence-corrected chi connectivity index (χ0v) is 7.91. The second-order valence-electron chi connectivity index (χ2n) is 4.08. The Labute approximate surface area is 82.8 Å². The predicted molar refractivity (Wildman–Crippen MR) is 54.3 cm³/mol. The van der Waals surface area contributed by atoms with Gasteiger partial charge in [-0.2, -0.15) is 0 Å². The summed E-state index contributed by atoms with van der Waals surface area (Å²) < 4.78 is 12.7. The normalized spacial score (nSPS) is 29.4. The first-order valence-electron chi connectivity index (χ1n) is 5.01. The molecule has 0 saturated carbocycles. The average Bonchev–Trinajstić information content (AvgIpc) is 2.18. The van der Waals surface area contributed by atoms with Crippen molar-refractivity contribution in [3.63, 3.8) is 0 Å². The molecule has 0 unspecified atom stereocenters. The summed E-state index contributed by atoms with van der Waals surface area (Å²) in [6.07, 6.45) is 2.27. The Hall–Kier alpha value is -1.15. The SMILES string of the molecule is Fc1ccc(C2=CCN3CC2C3)cc1. The molecular weight excluding hydrogens is 177 g/mol. The number of nitrogens with zero attached hydrogens (tertiary/aromatic N) is 1. The van der Waals surface area contributed by atoms with E-state index in [0.29, 0.717) is 5.92 Å². The van der Waals surface area contributed by atoms with E-state index in [9.17, 15) is 4.39 Å². The molecule has 4 rings (SSSR count). The standard InChI is InChI=1S/C12H12FN/c13-11-3-1-9(2-4-11)12-5-6-14-7-10(12)8-14/h1-5,10H,6-8H2. The molecule has 72 valence electrons. The molecule has 2 heteroatoms. The number of halogens is 1. The minimum absolute atomic E-state index is 0.152. The van der Waals surface area contributed by atoms with Gasteiger partial charge in [0, 0.05) is 25.6 Å². The second-order valence-corrected chi connectivity index (χ2v) is 4.08. The van der Waals surface area contributed by atoms with Gasteiger partial charge in [-0.1, -0.05) is 18.2 Å². The molecular formula is C12H12FN. The van der Waals surface area contributed by atoms with E-state index in [4.69, 9.17) is 0 Å². The molecule has 14 heavy (non-hydrogen) atoms. The van der Waals surface area contributed by atoms with Crippen LogP contribution in [0.5, 0.6) is 0 Å². The highest BCUT2D eigenvalue weighted by Gasteiger charge is 2.33. The Morgan fingerprint density at radius 1 is 1.14 bits per heavy atom. The van der Waals surface area contributed by atoms with Crippen LogP contribution in [0, 0.1) is 11.7 Å². The maximum absolute atomic E-state index is 12.7. The van der Waals surface area contributed by atoms with Crippen LogP contribution >= 0.6 is 0 Å². The van der Waals surface area contributed by atoms with E-state index in [2.05, 4.69) is 11.0 Å². The predicted octanol–water partition coefficient (Wildman–Crippen LogP) is 2.15. The maximum Gasteiger partial charge on any atom is 0.123 e. The van der Waals surface area contributed by atoms with E-state index in [1.807, 2.05) is 12.1 Å². The summed E-state index contributed by atoms with van der Waals surface area (Å²) in [5.74, 6) is 0.537. The summed E-state index contributed by atoms with van der Waals surface area (Å²) in [5.41, 5.74) is 2.60. The Morgan fingerprint density at radius 2 is 1.86 bits per heavy atom. The van der Waals surface area contributed by atoms with Crippen LogP contribution in [-0.4, -0.2) is 24.5 Å². The van der Waals surface area contributed by atoms with E-state index in [1.165, 1.54) is 24.2 Å². The molecule has 3 aliphatic rings. The van der Waals surface area contributed by atoms with Gasteiger partial charge in [-0.3, -0.25) is 4.90 Å². The number of hydrogen-bond acceptors (Lipinski definition) is 1. The molecule has 3 heterocycles. The molecule has 0 radical (unpaired) electrons. The second kappa shape index (κ2) is 2.92. The molecule has 0 amide bonds. The summed E-state index contributed by atoms with van der Waals surface area (Å²) in [4.78, 5) is 2.41. The highest BCUT2D eigenvalue weighted by Crippen LogP contribution is 2.34. The first kappa shape index (κ1) is 8.18. The van der Waals surface area contributed by atoms with Crippen LogP contribution in [0.2, 0.25) is 0 Å². The van der Waals surface area contributed by atoms with Crippen LogP contribution in [0.25, 0.3) is 5.57 Å². The zero-order valence-electron chi connectivity index (χ0n) is 7.91. The van der Waals surface area contributed by atoms with Gasteiger partial charge in [-0.05, 0) is 23.3 Å². The van der Waals surface area contributed by atoms with Gasteiger partial charge < -0.3 is 0 Å². The van der Waals surface area contributed by atoms with Crippen LogP contribution in [0.1, 0.15) is 5.56 Å². The van der Waals surface area contributed by atoms with Crippen molar-refractivity contribution >= 4 is 5.57 Å². The Bertz CT molecular complexity index is 374. The monoisotopic (exact) mass is 189 g/mol. The van der Waals surface area contributed by atoms with Crippen LogP contribution in [-0.2, 0) is 0 Å². The van der Waals surface area contributed by atoms with Gasteiger partial charge >= 0.3 is 0 Å². The quantitative estimate of drug-likeness (QED) is 0.654. The molecule has 1 aromatic carbocycles. The van der Waals surface area contributed by atoms with Crippen molar-refractivity contribution < 1.29 is 4.39 Å². The summed E-state index contributed by atoms with van der Waals surface area (Å²) in [5, 5.41) is 0. The molecule has 1 fully saturated rings. The Balaban J connectivity index is 1.94. The molecule has 0 atom stereocenters. The van der Waals surface area contributed by atoms with E-state index in [1.54, 1.807) is 12.1 Å². The lowest BCUT2D eigenvalue weighted by molar-refractivity contribution is 0.142. The molecule has 3 aliphatic heterocycles.